The summed E-state index contributed by atoms with van der Waals surface area (Å²) < 4.78 is 5.12. The molecule has 3 amide bonds. The van der Waals surface area contributed by atoms with Gasteiger partial charge in [-0.3, -0.25) is 4.79 Å². The normalized spacial score (nSPS) is 14.4. The topological polar surface area (TPSA) is 105 Å². The predicted molar refractivity (Wildman–Crippen MR) is 126 cm³/mol. The van der Waals surface area contributed by atoms with E-state index in [1.165, 1.54) is 7.11 Å². The van der Waals surface area contributed by atoms with Gasteiger partial charge in [-0.2, -0.15) is 0 Å². The van der Waals surface area contributed by atoms with Gasteiger partial charge in [0.05, 0.1) is 29.5 Å². The highest BCUT2D eigenvalue weighted by atomic mass is 35.5. The highest BCUT2D eigenvalue weighted by Gasteiger charge is 2.25. The van der Waals surface area contributed by atoms with Crippen molar-refractivity contribution in [3.63, 3.8) is 0 Å². The summed E-state index contributed by atoms with van der Waals surface area (Å²) in [4.78, 5) is 25.1. The van der Waals surface area contributed by atoms with Crippen molar-refractivity contribution in [2.24, 2.45) is 0 Å². The van der Waals surface area contributed by atoms with Gasteiger partial charge in [0.1, 0.15) is 5.75 Å². The van der Waals surface area contributed by atoms with Crippen LogP contribution in [0.4, 0.5) is 21.9 Å². The van der Waals surface area contributed by atoms with Crippen LogP contribution >= 0.6 is 11.6 Å². The maximum Gasteiger partial charge on any atom is 0.319 e. The van der Waals surface area contributed by atoms with Crippen LogP contribution in [0, 0.1) is 0 Å². The fourth-order valence-corrected chi connectivity index (χ4v) is 4.04. The number of hydrogen-bond acceptors (Lipinski definition) is 4. The fourth-order valence-electron chi connectivity index (χ4n) is 3.78. The van der Waals surface area contributed by atoms with Gasteiger partial charge in [0.15, 0.2) is 0 Å². The van der Waals surface area contributed by atoms with Crippen LogP contribution in [0.2, 0.25) is 5.02 Å². The number of rotatable bonds is 5. The number of carbonyl (C=O) groups excluding carboxylic acids is 2. The standard InChI is InChI=1S/C24H23ClN4O3/c1-32-22-11-8-16(13-18(22)25)27-24(31)29-20-10-7-14-12-15(6-9-17(14)20)23(30)28-21-5-3-2-4-19(21)26/h2-6,8-9,11-13,20H,7,10,26H2,1H3,(H,28,30)(H2,27,29,31). The number of amides is 3. The number of halogens is 1. The molecule has 5 N–H and O–H groups in total. The number of ether oxygens (including phenoxy) is 1. The summed E-state index contributed by atoms with van der Waals surface area (Å²) in [7, 11) is 1.53. The fraction of sp³-hybridized carbons (Fsp3) is 0.167. The Morgan fingerprint density at radius 2 is 1.88 bits per heavy atom. The Balaban J connectivity index is 1.41. The Hall–Kier alpha value is -3.71. The van der Waals surface area contributed by atoms with Crippen molar-refractivity contribution in [1.29, 1.82) is 0 Å². The number of nitrogen functional groups attached to an aromatic ring is 1. The smallest absolute Gasteiger partial charge is 0.319 e. The molecule has 0 fully saturated rings. The second kappa shape index (κ2) is 9.20. The largest absolute Gasteiger partial charge is 0.495 e. The molecule has 0 aromatic heterocycles. The summed E-state index contributed by atoms with van der Waals surface area (Å²) in [5.74, 6) is 0.313. The molecule has 0 saturated carbocycles. The Morgan fingerprint density at radius 1 is 1.06 bits per heavy atom. The number of methoxy groups -OCH3 is 1. The lowest BCUT2D eigenvalue weighted by molar-refractivity contribution is 0.102. The number of nitrogens with one attached hydrogen (secondary N) is 3. The molecule has 0 aliphatic heterocycles. The summed E-state index contributed by atoms with van der Waals surface area (Å²) in [6, 6.07) is 17.2. The molecule has 0 radical (unpaired) electrons. The molecule has 1 atom stereocenters. The SMILES string of the molecule is COc1ccc(NC(=O)NC2CCc3cc(C(=O)Nc4ccccc4N)ccc32)cc1Cl. The lowest BCUT2D eigenvalue weighted by Gasteiger charge is -2.16. The van der Waals surface area contributed by atoms with Crippen LogP contribution in [0.3, 0.4) is 0 Å². The molecular formula is C24H23ClN4O3. The van der Waals surface area contributed by atoms with Crippen molar-refractivity contribution in [3.8, 4) is 5.75 Å². The van der Waals surface area contributed by atoms with E-state index in [0.717, 1.165) is 24.0 Å². The lowest BCUT2D eigenvalue weighted by Crippen LogP contribution is -2.31. The van der Waals surface area contributed by atoms with E-state index >= 15 is 0 Å². The van der Waals surface area contributed by atoms with Crippen molar-refractivity contribution in [1.82, 2.24) is 5.32 Å². The molecule has 4 rings (SSSR count). The Morgan fingerprint density at radius 3 is 2.62 bits per heavy atom. The first-order chi connectivity index (χ1) is 15.4. The first-order valence-electron chi connectivity index (χ1n) is 10.1. The molecule has 164 valence electrons. The van der Waals surface area contributed by atoms with Crippen molar-refractivity contribution in [2.75, 3.05) is 23.5 Å². The van der Waals surface area contributed by atoms with Crippen LogP contribution in [-0.4, -0.2) is 19.0 Å². The number of urea groups is 1. The second-order valence-electron chi connectivity index (χ2n) is 7.49. The van der Waals surface area contributed by atoms with Gasteiger partial charge in [-0.25, -0.2) is 4.79 Å². The molecule has 3 aromatic carbocycles. The quantitative estimate of drug-likeness (QED) is 0.411. The van der Waals surface area contributed by atoms with Gasteiger partial charge >= 0.3 is 6.03 Å². The first kappa shape index (κ1) is 21.5. The third-order valence-electron chi connectivity index (χ3n) is 5.41. The Labute approximate surface area is 190 Å². The van der Waals surface area contributed by atoms with E-state index in [0.29, 0.717) is 33.4 Å². The van der Waals surface area contributed by atoms with Gasteiger partial charge in [0.2, 0.25) is 0 Å². The predicted octanol–water partition coefficient (Wildman–Crippen LogP) is 4.99. The van der Waals surface area contributed by atoms with Crippen molar-refractivity contribution in [3.05, 3.63) is 82.4 Å². The molecule has 1 aliphatic carbocycles. The highest BCUT2D eigenvalue weighted by molar-refractivity contribution is 6.32. The minimum atomic E-state index is -0.328. The summed E-state index contributed by atoms with van der Waals surface area (Å²) in [6.07, 6.45) is 1.52. The van der Waals surface area contributed by atoms with E-state index in [9.17, 15) is 9.59 Å². The monoisotopic (exact) mass is 450 g/mol. The third-order valence-corrected chi connectivity index (χ3v) is 5.70. The summed E-state index contributed by atoms with van der Waals surface area (Å²) in [5, 5.41) is 9.03. The molecule has 0 heterocycles. The number of anilines is 3. The molecule has 1 unspecified atom stereocenters. The zero-order chi connectivity index (χ0) is 22.7. The molecular weight excluding hydrogens is 428 g/mol. The second-order valence-corrected chi connectivity index (χ2v) is 7.90. The molecule has 0 spiro atoms. The minimum Gasteiger partial charge on any atom is -0.495 e. The number of para-hydroxylation sites is 2. The number of aryl methyl sites for hydroxylation is 1. The molecule has 3 aromatic rings. The van der Waals surface area contributed by atoms with Crippen molar-refractivity contribution in [2.45, 2.75) is 18.9 Å². The van der Waals surface area contributed by atoms with Gasteiger partial charge in [0.25, 0.3) is 5.91 Å². The highest BCUT2D eigenvalue weighted by Crippen LogP contribution is 2.32. The summed E-state index contributed by atoms with van der Waals surface area (Å²) >= 11 is 6.11. The zero-order valence-corrected chi connectivity index (χ0v) is 18.2. The van der Waals surface area contributed by atoms with Gasteiger partial charge < -0.3 is 26.4 Å². The maximum atomic E-state index is 12.6. The molecule has 0 bridgehead atoms. The zero-order valence-electron chi connectivity index (χ0n) is 17.4. The van der Waals surface area contributed by atoms with Crippen LogP contribution < -0.4 is 26.4 Å². The lowest BCUT2D eigenvalue weighted by atomic mass is 10.0. The van der Waals surface area contributed by atoms with Gasteiger partial charge in [-0.15, -0.1) is 0 Å². The van der Waals surface area contributed by atoms with E-state index in [4.69, 9.17) is 22.1 Å². The molecule has 8 heteroatoms. The minimum absolute atomic E-state index is 0.138. The van der Waals surface area contributed by atoms with E-state index in [1.54, 1.807) is 36.4 Å². The van der Waals surface area contributed by atoms with Crippen LogP contribution in [0.5, 0.6) is 5.75 Å². The van der Waals surface area contributed by atoms with Gasteiger partial charge in [-0.1, -0.05) is 29.8 Å². The molecule has 1 aliphatic rings. The molecule has 7 nitrogen and oxygen atoms in total. The third kappa shape index (κ3) is 4.63. The summed E-state index contributed by atoms with van der Waals surface area (Å²) in [5.41, 5.74) is 10.1. The van der Waals surface area contributed by atoms with Crippen LogP contribution in [-0.2, 0) is 6.42 Å². The van der Waals surface area contributed by atoms with Gasteiger partial charge in [0, 0.05) is 11.3 Å². The van der Waals surface area contributed by atoms with E-state index in [-0.39, 0.29) is 18.0 Å². The Kier molecular flexibility index (Phi) is 6.18. The van der Waals surface area contributed by atoms with Crippen molar-refractivity contribution >= 4 is 40.6 Å². The Bertz CT molecular complexity index is 1180. The number of nitrogens with two attached hydrogens (primary N) is 1. The van der Waals surface area contributed by atoms with Gasteiger partial charge in [-0.05, 0) is 66.4 Å². The summed E-state index contributed by atoms with van der Waals surface area (Å²) in [6.45, 7) is 0. The number of hydrogen-bond donors (Lipinski definition) is 4. The molecule has 0 saturated heterocycles. The van der Waals surface area contributed by atoms with Crippen LogP contribution in [0.15, 0.2) is 60.7 Å². The van der Waals surface area contributed by atoms with E-state index in [2.05, 4.69) is 16.0 Å². The van der Waals surface area contributed by atoms with E-state index < -0.39 is 0 Å². The molecule has 32 heavy (non-hydrogen) atoms. The van der Waals surface area contributed by atoms with Crippen molar-refractivity contribution < 1.29 is 14.3 Å². The average Bonchev–Trinajstić information content (AvgIpc) is 3.17. The first-order valence-corrected chi connectivity index (χ1v) is 10.5. The van der Waals surface area contributed by atoms with E-state index in [1.807, 2.05) is 24.3 Å². The number of carbonyl (C=O) groups is 2. The average molecular weight is 451 g/mol. The number of benzene rings is 3. The number of fused-ring (bicyclic) bond motifs is 1. The van der Waals surface area contributed by atoms with Crippen LogP contribution in [0.1, 0.15) is 33.9 Å². The van der Waals surface area contributed by atoms with Crippen LogP contribution in [0.25, 0.3) is 0 Å². The maximum absolute atomic E-state index is 12.6.